The molecule has 0 amide bonds. The first-order chi connectivity index (χ1) is 10.1. The van der Waals surface area contributed by atoms with Crippen molar-refractivity contribution < 1.29 is 9.47 Å². The van der Waals surface area contributed by atoms with Gasteiger partial charge in [0.2, 0.25) is 0 Å². The van der Waals surface area contributed by atoms with Crippen LogP contribution >= 0.6 is 0 Å². The smallest absolute Gasteiger partial charge is 0.191 e. The number of aliphatic imine (C=N–C) groups is 1. The largest absolute Gasteiger partial charge is 0.493 e. The SMILES string of the molecule is CCNC(=NCc1ccc(OC)c(OCC)c1)NC(C)C. The molecule has 21 heavy (non-hydrogen) atoms. The molecule has 0 aliphatic carbocycles. The maximum Gasteiger partial charge on any atom is 0.191 e. The van der Waals surface area contributed by atoms with Crippen molar-refractivity contribution in [3.8, 4) is 11.5 Å². The van der Waals surface area contributed by atoms with E-state index >= 15 is 0 Å². The van der Waals surface area contributed by atoms with Crippen molar-refractivity contribution >= 4 is 5.96 Å². The second kappa shape index (κ2) is 9.10. The molecule has 1 aromatic rings. The van der Waals surface area contributed by atoms with Gasteiger partial charge in [0.25, 0.3) is 0 Å². The summed E-state index contributed by atoms with van der Waals surface area (Å²) in [5.41, 5.74) is 1.08. The molecule has 1 aromatic carbocycles. The second-order valence-electron chi connectivity index (χ2n) is 4.91. The van der Waals surface area contributed by atoms with Crippen LogP contribution in [0, 0.1) is 0 Å². The highest BCUT2D eigenvalue weighted by Gasteiger charge is 2.06. The monoisotopic (exact) mass is 293 g/mol. The van der Waals surface area contributed by atoms with Crippen molar-refractivity contribution in [3.63, 3.8) is 0 Å². The summed E-state index contributed by atoms with van der Waals surface area (Å²) in [4.78, 5) is 4.58. The zero-order valence-electron chi connectivity index (χ0n) is 13.7. The summed E-state index contributed by atoms with van der Waals surface area (Å²) in [7, 11) is 1.64. The molecular formula is C16H27N3O2. The molecule has 1 rings (SSSR count). The van der Waals surface area contributed by atoms with E-state index in [-0.39, 0.29) is 0 Å². The van der Waals surface area contributed by atoms with Crippen molar-refractivity contribution in [1.82, 2.24) is 10.6 Å². The van der Waals surface area contributed by atoms with E-state index in [4.69, 9.17) is 9.47 Å². The lowest BCUT2D eigenvalue weighted by Gasteiger charge is -2.14. The predicted molar refractivity (Wildman–Crippen MR) is 87.3 cm³/mol. The van der Waals surface area contributed by atoms with Crippen LogP contribution in [0.5, 0.6) is 11.5 Å². The van der Waals surface area contributed by atoms with Crippen molar-refractivity contribution in [3.05, 3.63) is 23.8 Å². The van der Waals surface area contributed by atoms with Gasteiger partial charge in [-0.15, -0.1) is 0 Å². The number of nitrogens with one attached hydrogen (secondary N) is 2. The quantitative estimate of drug-likeness (QED) is 0.599. The molecule has 0 aliphatic rings. The van der Waals surface area contributed by atoms with Crippen molar-refractivity contribution in [2.75, 3.05) is 20.3 Å². The van der Waals surface area contributed by atoms with Gasteiger partial charge in [0.05, 0.1) is 20.3 Å². The van der Waals surface area contributed by atoms with Gasteiger partial charge in [-0.2, -0.15) is 0 Å². The molecule has 5 nitrogen and oxygen atoms in total. The molecule has 0 aliphatic heterocycles. The second-order valence-corrected chi connectivity index (χ2v) is 4.91. The average Bonchev–Trinajstić information content (AvgIpc) is 2.45. The Morgan fingerprint density at radius 2 is 2.00 bits per heavy atom. The predicted octanol–water partition coefficient (Wildman–Crippen LogP) is 2.56. The summed E-state index contributed by atoms with van der Waals surface area (Å²) in [6.45, 7) is 10.2. The van der Waals surface area contributed by atoms with Crippen LogP contribution in [0.3, 0.4) is 0 Å². The Morgan fingerprint density at radius 3 is 2.57 bits per heavy atom. The first-order valence-corrected chi connectivity index (χ1v) is 7.45. The van der Waals surface area contributed by atoms with Crippen LogP contribution in [-0.4, -0.2) is 32.3 Å². The highest BCUT2D eigenvalue weighted by molar-refractivity contribution is 5.80. The molecule has 0 saturated carbocycles. The topological polar surface area (TPSA) is 54.9 Å². The van der Waals surface area contributed by atoms with Crippen molar-refractivity contribution in [2.45, 2.75) is 40.3 Å². The van der Waals surface area contributed by atoms with Gasteiger partial charge in [-0.3, -0.25) is 0 Å². The van der Waals surface area contributed by atoms with E-state index in [9.17, 15) is 0 Å². The van der Waals surface area contributed by atoms with Gasteiger partial charge in [0.1, 0.15) is 0 Å². The van der Waals surface area contributed by atoms with E-state index in [1.165, 1.54) is 0 Å². The van der Waals surface area contributed by atoms with Gasteiger partial charge in [0, 0.05) is 12.6 Å². The molecule has 118 valence electrons. The van der Waals surface area contributed by atoms with Crippen LogP contribution in [0.2, 0.25) is 0 Å². The summed E-state index contributed by atoms with van der Waals surface area (Å²) < 4.78 is 10.9. The first kappa shape index (κ1) is 17.1. The van der Waals surface area contributed by atoms with E-state index in [1.54, 1.807) is 7.11 Å². The molecular weight excluding hydrogens is 266 g/mol. The lowest BCUT2D eigenvalue weighted by molar-refractivity contribution is 0.310. The van der Waals surface area contributed by atoms with Gasteiger partial charge in [-0.1, -0.05) is 6.07 Å². The fourth-order valence-electron chi connectivity index (χ4n) is 1.85. The average molecular weight is 293 g/mol. The number of nitrogens with zero attached hydrogens (tertiary/aromatic N) is 1. The molecule has 0 fully saturated rings. The Morgan fingerprint density at radius 1 is 1.24 bits per heavy atom. The molecule has 0 heterocycles. The summed E-state index contributed by atoms with van der Waals surface area (Å²) in [6.07, 6.45) is 0. The normalized spacial score (nSPS) is 11.4. The highest BCUT2D eigenvalue weighted by Crippen LogP contribution is 2.28. The molecule has 0 aromatic heterocycles. The molecule has 0 bridgehead atoms. The number of rotatable bonds is 7. The van der Waals surface area contributed by atoms with Crippen molar-refractivity contribution in [2.24, 2.45) is 4.99 Å². The molecule has 0 spiro atoms. The molecule has 0 saturated heterocycles. The van der Waals surface area contributed by atoms with Crippen LogP contribution in [0.1, 0.15) is 33.3 Å². The van der Waals surface area contributed by atoms with Crippen LogP contribution in [-0.2, 0) is 6.54 Å². The lowest BCUT2D eigenvalue weighted by atomic mass is 10.2. The Bertz CT molecular complexity index is 459. The lowest BCUT2D eigenvalue weighted by Crippen LogP contribution is -2.40. The minimum atomic E-state index is 0.345. The van der Waals surface area contributed by atoms with E-state index in [0.29, 0.717) is 19.2 Å². The molecule has 5 heteroatoms. The fraction of sp³-hybridized carbons (Fsp3) is 0.562. The first-order valence-electron chi connectivity index (χ1n) is 7.45. The van der Waals surface area contributed by atoms with E-state index in [1.807, 2.05) is 25.1 Å². The van der Waals surface area contributed by atoms with Crippen LogP contribution in [0.4, 0.5) is 0 Å². The summed E-state index contributed by atoms with van der Waals surface area (Å²) in [5, 5.41) is 6.53. The third-order valence-corrected chi connectivity index (χ3v) is 2.72. The zero-order valence-corrected chi connectivity index (χ0v) is 13.7. The standard InChI is InChI=1S/C16H27N3O2/c1-6-17-16(19-12(3)4)18-11-13-8-9-14(20-5)15(10-13)21-7-2/h8-10,12H,6-7,11H2,1-5H3,(H2,17,18,19). The van der Waals surface area contributed by atoms with E-state index in [0.717, 1.165) is 29.6 Å². The van der Waals surface area contributed by atoms with E-state index < -0.39 is 0 Å². The Balaban J connectivity index is 2.82. The molecule has 0 unspecified atom stereocenters. The summed E-state index contributed by atoms with van der Waals surface area (Å²) in [5.74, 6) is 2.33. The Kier molecular flexibility index (Phi) is 7.43. The summed E-state index contributed by atoms with van der Waals surface area (Å²) in [6, 6.07) is 6.24. The maximum atomic E-state index is 5.58. The Labute approximate surface area is 127 Å². The minimum absolute atomic E-state index is 0.345. The number of hydrogen-bond acceptors (Lipinski definition) is 3. The Hall–Kier alpha value is -1.91. The van der Waals surface area contributed by atoms with Gasteiger partial charge in [-0.05, 0) is 45.4 Å². The van der Waals surface area contributed by atoms with Crippen LogP contribution in [0.15, 0.2) is 23.2 Å². The van der Waals surface area contributed by atoms with Crippen molar-refractivity contribution in [1.29, 1.82) is 0 Å². The summed E-state index contributed by atoms with van der Waals surface area (Å²) >= 11 is 0. The highest BCUT2D eigenvalue weighted by atomic mass is 16.5. The number of hydrogen-bond donors (Lipinski definition) is 2. The van der Waals surface area contributed by atoms with E-state index in [2.05, 4.69) is 36.4 Å². The number of benzene rings is 1. The fourth-order valence-corrected chi connectivity index (χ4v) is 1.85. The number of guanidine groups is 1. The molecule has 0 radical (unpaired) electrons. The number of ether oxygens (including phenoxy) is 2. The minimum Gasteiger partial charge on any atom is -0.493 e. The third kappa shape index (κ3) is 5.94. The third-order valence-electron chi connectivity index (χ3n) is 2.72. The van der Waals surface area contributed by atoms with Crippen LogP contribution < -0.4 is 20.1 Å². The van der Waals surface area contributed by atoms with Crippen LogP contribution in [0.25, 0.3) is 0 Å². The number of methoxy groups -OCH3 is 1. The van der Waals surface area contributed by atoms with Gasteiger partial charge in [0.15, 0.2) is 17.5 Å². The van der Waals surface area contributed by atoms with Gasteiger partial charge >= 0.3 is 0 Å². The molecule has 2 N–H and O–H groups in total. The molecule has 0 atom stereocenters. The zero-order chi connectivity index (χ0) is 15.7. The van der Waals surface area contributed by atoms with Gasteiger partial charge in [-0.25, -0.2) is 4.99 Å². The maximum absolute atomic E-state index is 5.58. The van der Waals surface area contributed by atoms with Gasteiger partial charge < -0.3 is 20.1 Å².